The standard InChI is InChI=1S/C10H7BrFN3S/c1-6-3-14-10(15-4-6)16-9-8(12)2-7(11)5-13-9/h2-5H,1H3. The van der Waals surface area contributed by atoms with Crippen LogP contribution in [0.5, 0.6) is 0 Å². The quantitative estimate of drug-likeness (QED) is 0.798. The van der Waals surface area contributed by atoms with E-state index >= 15 is 0 Å². The van der Waals surface area contributed by atoms with Crippen LogP contribution in [0.3, 0.4) is 0 Å². The van der Waals surface area contributed by atoms with Gasteiger partial charge in [0.05, 0.1) is 0 Å². The van der Waals surface area contributed by atoms with Crippen molar-refractivity contribution in [2.45, 2.75) is 17.1 Å². The van der Waals surface area contributed by atoms with Crippen LogP contribution in [0.1, 0.15) is 5.56 Å². The molecule has 0 aliphatic heterocycles. The molecule has 3 nitrogen and oxygen atoms in total. The first kappa shape index (κ1) is 11.5. The summed E-state index contributed by atoms with van der Waals surface area (Å²) in [5.41, 5.74) is 0.966. The van der Waals surface area contributed by atoms with Crippen LogP contribution >= 0.6 is 27.7 Å². The van der Waals surface area contributed by atoms with E-state index in [1.165, 1.54) is 6.07 Å². The van der Waals surface area contributed by atoms with Gasteiger partial charge in [-0.15, -0.1) is 0 Å². The Bertz CT molecular complexity index is 504. The summed E-state index contributed by atoms with van der Waals surface area (Å²) in [6, 6.07) is 1.36. The molecule has 0 bridgehead atoms. The van der Waals surface area contributed by atoms with E-state index < -0.39 is 0 Å². The van der Waals surface area contributed by atoms with Gasteiger partial charge in [0.25, 0.3) is 0 Å². The van der Waals surface area contributed by atoms with Gasteiger partial charge in [0.2, 0.25) is 0 Å². The van der Waals surface area contributed by atoms with Crippen LogP contribution in [0.25, 0.3) is 0 Å². The van der Waals surface area contributed by atoms with Crippen LogP contribution < -0.4 is 0 Å². The molecular formula is C10H7BrFN3S. The lowest BCUT2D eigenvalue weighted by atomic mass is 10.4. The highest BCUT2D eigenvalue weighted by Crippen LogP contribution is 2.26. The summed E-state index contributed by atoms with van der Waals surface area (Å²) in [5.74, 6) is -0.386. The molecule has 0 aliphatic rings. The zero-order valence-corrected chi connectivity index (χ0v) is 10.7. The highest BCUT2D eigenvalue weighted by molar-refractivity contribution is 9.10. The summed E-state index contributed by atoms with van der Waals surface area (Å²) in [6.45, 7) is 1.90. The summed E-state index contributed by atoms with van der Waals surface area (Å²) in [4.78, 5) is 12.1. The number of pyridine rings is 1. The third-order valence-corrected chi connectivity index (χ3v) is 3.04. The van der Waals surface area contributed by atoms with E-state index in [1.54, 1.807) is 18.6 Å². The predicted molar refractivity (Wildman–Crippen MR) is 62.8 cm³/mol. The first-order valence-electron chi connectivity index (χ1n) is 4.43. The number of aromatic nitrogens is 3. The highest BCUT2D eigenvalue weighted by Gasteiger charge is 2.08. The molecule has 0 saturated heterocycles. The van der Waals surface area contributed by atoms with Gasteiger partial charge in [-0.1, -0.05) is 0 Å². The lowest BCUT2D eigenvalue weighted by Crippen LogP contribution is -1.90. The first-order chi connectivity index (χ1) is 7.65. The van der Waals surface area contributed by atoms with E-state index in [2.05, 4.69) is 30.9 Å². The molecule has 0 atom stereocenters. The number of hydrogen-bond donors (Lipinski definition) is 0. The molecule has 0 aliphatic carbocycles. The summed E-state index contributed by atoms with van der Waals surface area (Å²) in [6.07, 6.45) is 4.91. The molecule has 82 valence electrons. The third-order valence-electron chi connectivity index (χ3n) is 1.72. The Morgan fingerprint density at radius 3 is 2.50 bits per heavy atom. The second-order valence-corrected chi connectivity index (χ2v) is 4.96. The molecule has 2 heterocycles. The van der Waals surface area contributed by atoms with Crippen LogP contribution in [-0.4, -0.2) is 15.0 Å². The second kappa shape index (κ2) is 4.88. The number of nitrogens with zero attached hydrogens (tertiary/aromatic N) is 3. The lowest BCUT2D eigenvalue weighted by molar-refractivity contribution is 0.586. The highest BCUT2D eigenvalue weighted by atomic mass is 79.9. The molecule has 0 fully saturated rings. The van der Waals surface area contributed by atoms with E-state index in [1.807, 2.05) is 6.92 Å². The number of rotatable bonds is 2. The lowest BCUT2D eigenvalue weighted by Gasteiger charge is -2.01. The minimum Gasteiger partial charge on any atom is -0.245 e. The van der Waals surface area contributed by atoms with Crippen molar-refractivity contribution in [1.29, 1.82) is 0 Å². The molecule has 6 heteroatoms. The normalized spacial score (nSPS) is 10.4. The predicted octanol–water partition coefficient (Wildman–Crippen LogP) is 3.23. The molecule has 2 rings (SSSR count). The van der Waals surface area contributed by atoms with Crippen molar-refractivity contribution in [3.63, 3.8) is 0 Å². The van der Waals surface area contributed by atoms with E-state index in [0.717, 1.165) is 17.3 Å². The number of aryl methyl sites for hydroxylation is 1. The summed E-state index contributed by atoms with van der Waals surface area (Å²) in [7, 11) is 0. The minimum absolute atomic E-state index is 0.270. The van der Waals surface area contributed by atoms with Crippen molar-refractivity contribution in [2.24, 2.45) is 0 Å². The zero-order chi connectivity index (χ0) is 11.5. The zero-order valence-electron chi connectivity index (χ0n) is 8.32. The SMILES string of the molecule is Cc1cnc(Sc2ncc(Br)cc2F)nc1. The van der Waals surface area contributed by atoms with Crippen molar-refractivity contribution in [3.05, 3.63) is 40.5 Å². The Kier molecular flexibility index (Phi) is 3.50. The molecule has 2 aromatic heterocycles. The fourth-order valence-corrected chi connectivity index (χ4v) is 1.95. The fraction of sp³-hybridized carbons (Fsp3) is 0.100. The molecule has 16 heavy (non-hydrogen) atoms. The molecule has 2 aromatic rings. The van der Waals surface area contributed by atoms with E-state index in [-0.39, 0.29) is 10.8 Å². The van der Waals surface area contributed by atoms with Crippen molar-refractivity contribution in [2.75, 3.05) is 0 Å². The van der Waals surface area contributed by atoms with Crippen molar-refractivity contribution in [1.82, 2.24) is 15.0 Å². The van der Waals surface area contributed by atoms with Gasteiger partial charge in [0.1, 0.15) is 5.03 Å². The topological polar surface area (TPSA) is 38.7 Å². The molecule has 0 saturated carbocycles. The third kappa shape index (κ3) is 2.76. The first-order valence-corrected chi connectivity index (χ1v) is 6.03. The minimum atomic E-state index is -0.386. The van der Waals surface area contributed by atoms with E-state index in [0.29, 0.717) is 9.63 Å². The molecule has 0 aromatic carbocycles. The van der Waals surface area contributed by atoms with Crippen LogP contribution in [0, 0.1) is 12.7 Å². The fourth-order valence-electron chi connectivity index (χ4n) is 0.997. The summed E-state index contributed by atoms with van der Waals surface area (Å²) >= 11 is 4.25. The monoisotopic (exact) mass is 299 g/mol. The van der Waals surface area contributed by atoms with Crippen LogP contribution in [0.15, 0.2) is 39.3 Å². The van der Waals surface area contributed by atoms with Crippen molar-refractivity contribution < 1.29 is 4.39 Å². The van der Waals surface area contributed by atoms with Gasteiger partial charge < -0.3 is 0 Å². The Morgan fingerprint density at radius 1 is 1.19 bits per heavy atom. The Balaban J connectivity index is 2.23. The average molecular weight is 300 g/mol. The van der Waals surface area contributed by atoms with Gasteiger partial charge in [0, 0.05) is 23.1 Å². The largest absolute Gasteiger partial charge is 0.245 e. The number of halogens is 2. The maximum Gasteiger partial charge on any atom is 0.193 e. The molecular weight excluding hydrogens is 293 g/mol. The molecule has 0 unspecified atom stereocenters. The van der Waals surface area contributed by atoms with Gasteiger partial charge in [0.15, 0.2) is 11.0 Å². The van der Waals surface area contributed by atoms with Gasteiger partial charge in [-0.05, 0) is 46.2 Å². The summed E-state index contributed by atoms with van der Waals surface area (Å²) in [5, 5.41) is 0.756. The Labute approximate surface area is 105 Å². The molecule has 0 radical (unpaired) electrons. The van der Waals surface area contributed by atoms with E-state index in [4.69, 9.17) is 0 Å². The molecule has 0 spiro atoms. The molecule has 0 N–H and O–H groups in total. The van der Waals surface area contributed by atoms with Crippen LogP contribution in [0.4, 0.5) is 4.39 Å². The van der Waals surface area contributed by atoms with Crippen LogP contribution in [-0.2, 0) is 0 Å². The summed E-state index contributed by atoms with van der Waals surface area (Å²) < 4.78 is 14.1. The van der Waals surface area contributed by atoms with Gasteiger partial charge in [-0.3, -0.25) is 0 Å². The Morgan fingerprint density at radius 2 is 1.88 bits per heavy atom. The Hall–Kier alpha value is -1.01. The smallest absolute Gasteiger partial charge is 0.193 e. The second-order valence-electron chi connectivity index (χ2n) is 3.09. The van der Waals surface area contributed by atoms with Gasteiger partial charge in [-0.25, -0.2) is 19.3 Å². The van der Waals surface area contributed by atoms with Crippen molar-refractivity contribution >= 4 is 27.7 Å². The molecule has 0 amide bonds. The van der Waals surface area contributed by atoms with E-state index in [9.17, 15) is 4.39 Å². The van der Waals surface area contributed by atoms with Gasteiger partial charge in [-0.2, -0.15) is 0 Å². The number of hydrogen-bond acceptors (Lipinski definition) is 4. The van der Waals surface area contributed by atoms with Crippen LogP contribution in [0.2, 0.25) is 0 Å². The van der Waals surface area contributed by atoms with Crippen molar-refractivity contribution in [3.8, 4) is 0 Å². The van der Waals surface area contributed by atoms with Gasteiger partial charge >= 0.3 is 0 Å². The maximum absolute atomic E-state index is 13.4. The average Bonchev–Trinajstić information content (AvgIpc) is 2.25. The maximum atomic E-state index is 13.4.